The smallest absolute Gasteiger partial charge is 0.257 e. The van der Waals surface area contributed by atoms with Crippen LogP contribution in [0.4, 0.5) is 0 Å². The summed E-state index contributed by atoms with van der Waals surface area (Å²) in [6, 6.07) is 3.05. The maximum Gasteiger partial charge on any atom is 0.257 e. The number of hydrogen-bond donors (Lipinski definition) is 1. The van der Waals surface area contributed by atoms with Gasteiger partial charge < -0.3 is 10.0 Å². The first kappa shape index (κ1) is 16.6. The van der Waals surface area contributed by atoms with Crippen LogP contribution in [0.1, 0.15) is 39.0 Å². The van der Waals surface area contributed by atoms with E-state index in [2.05, 4.69) is 4.98 Å². The monoisotopic (exact) mass is 370 g/mol. The molecule has 2 heterocycles. The molecule has 1 aliphatic heterocycles. The number of thiazole rings is 1. The van der Waals surface area contributed by atoms with Crippen LogP contribution < -0.4 is 0 Å². The molecule has 4 nitrogen and oxygen atoms in total. The van der Waals surface area contributed by atoms with E-state index in [-0.39, 0.29) is 27.3 Å². The number of piperidine rings is 1. The molecular formula is C16H16Cl2N2O2S. The van der Waals surface area contributed by atoms with Crippen LogP contribution >= 0.6 is 34.5 Å². The second-order valence-electron chi connectivity index (χ2n) is 5.63. The topological polar surface area (TPSA) is 53.4 Å². The van der Waals surface area contributed by atoms with Gasteiger partial charge in [0.2, 0.25) is 0 Å². The Morgan fingerprint density at radius 1 is 1.35 bits per heavy atom. The van der Waals surface area contributed by atoms with Crippen molar-refractivity contribution in [2.75, 3.05) is 13.1 Å². The highest BCUT2D eigenvalue weighted by molar-refractivity contribution is 7.11. The van der Waals surface area contributed by atoms with Gasteiger partial charge in [0.15, 0.2) is 0 Å². The van der Waals surface area contributed by atoms with Crippen molar-refractivity contribution >= 4 is 40.4 Å². The summed E-state index contributed by atoms with van der Waals surface area (Å²) in [6.07, 6.45) is 3.65. The fourth-order valence-electron chi connectivity index (χ4n) is 2.77. The molecule has 0 aliphatic carbocycles. The summed E-state index contributed by atoms with van der Waals surface area (Å²) in [5.74, 6) is -0.0585. The van der Waals surface area contributed by atoms with Gasteiger partial charge in [0.1, 0.15) is 10.8 Å². The molecule has 0 unspecified atom stereocenters. The highest BCUT2D eigenvalue weighted by Gasteiger charge is 2.28. The van der Waals surface area contributed by atoms with E-state index in [0.717, 1.165) is 17.8 Å². The standard InChI is InChI=1S/C16H16Cl2N2O2S/c1-9-8-19-15(23-9)10-4-6-20(7-5-10)16(22)11-2-3-12(17)13(18)14(11)21/h2-3,8,10,21H,4-7H2,1H3. The molecule has 2 aromatic rings. The molecule has 0 bridgehead atoms. The number of rotatable bonds is 2. The molecule has 0 atom stereocenters. The van der Waals surface area contributed by atoms with Crippen LogP contribution in [0.3, 0.4) is 0 Å². The third kappa shape index (κ3) is 3.32. The first-order valence-electron chi connectivity index (χ1n) is 7.36. The molecule has 1 aliphatic rings. The summed E-state index contributed by atoms with van der Waals surface area (Å²) in [5, 5.41) is 11.4. The van der Waals surface area contributed by atoms with Crippen molar-refractivity contribution in [3.05, 3.63) is 43.8 Å². The predicted molar refractivity (Wildman–Crippen MR) is 92.9 cm³/mol. The number of halogens is 2. The quantitative estimate of drug-likeness (QED) is 0.847. The summed E-state index contributed by atoms with van der Waals surface area (Å²) in [5.41, 5.74) is 0.197. The molecule has 0 saturated carbocycles. The Morgan fingerprint density at radius 2 is 2.04 bits per heavy atom. The van der Waals surface area contributed by atoms with Crippen LogP contribution in [-0.4, -0.2) is 34.0 Å². The molecular weight excluding hydrogens is 355 g/mol. The Bertz CT molecular complexity index is 740. The van der Waals surface area contributed by atoms with E-state index in [4.69, 9.17) is 23.2 Å². The highest BCUT2D eigenvalue weighted by Crippen LogP contribution is 2.36. The first-order valence-corrected chi connectivity index (χ1v) is 8.93. The maximum absolute atomic E-state index is 12.6. The number of nitrogens with zero attached hydrogens (tertiary/aromatic N) is 2. The second kappa shape index (κ2) is 6.67. The van der Waals surface area contributed by atoms with Gasteiger partial charge in [0.25, 0.3) is 5.91 Å². The van der Waals surface area contributed by atoms with Crippen LogP contribution in [0.2, 0.25) is 10.0 Å². The number of hydrogen-bond acceptors (Lipinski definition) is 4. The van der Waals surface area contributed by atoms with Crippen LogP contribution in [0.15, 0.2) is 18.3 Å². The van der Waals surface area contributed by atoms with Crippen molar-refractivity contribution in [1.82, 2.24) is 9.88 Å². The van der Waals surface area contributed by atoms with E-state index in [9.17, 15) is 9.90 Å². The van der Waals surface area contributed by atoms with Crippen molar-refractivity contribution < 1.29 is 9.90 Å². The van der Waals surface area contributed by atoms with Crippen molar-refractivity contribution in [3.63, 3.8) is 0 Å². The summed E-state index contributed by atoms with van der Waals surface area (Å²) in [4.78, 5) is 20.0. The predicted octanol–water partition coefficient (Wildman–Crippen LogP) is 4.48. The minimum Gasteiger partial charge on any atom is -0.505 e. The van der Waals surface area contributed by atoms with Gasteiger partial charge in [-0.1, -0.05) is 23.2 Å². The molecule has 1 aromatic carbocycles. The summed E-state index contributed by atoms with van der Waals surface area (Å²) in [7, 11) is 0. The summed E-state index contributed by atoms with van der Waals surface area (Å²) >= 11 is 13.5. The number of aromatic hydroxyl groups is 1. The van der Waals surface area contributed by atoms with Gasteiger partial charge in [-0.05, 0) is 31.9 Å². The fourth-order valence-corrected chi connectivity index (χ4v) is 4.03. The number of amides is 1. The van der Waals surface area contributed by atoms with E-state index < -0.39 is 0 Å². The second-order valence-corrected chi connectivity index (χ2v) is 7.68. The number of phenolic OH excluding ortho intramolecular Hbond substituents is 1. The van der Waals surface area contributed by atoms with E-state index in [1.807, 2.05) is 13.1 Å². The first-order chi connectivity index (χ1) is 11.0. The molecule has 1 saturated heterocycles. The van der Waals surface area contributed by atoms with Gasteiger partial charge in [0, 0.05) is 30.1 Å². The lowest BCUT2D eigenvalue weighted by Gasteiger charge is -2.31. The number of phenols is 1. The molecule has 3 rings (SSSR count). The van der Waals surface area contributed by atoms with Crippen LogP contribution in [0.25, 0.3) is 0 Å². The Balaban J connectivity index is 1.70. The zero-order valence-corrected chi connectivity index (χ0v) is 14.9. The van der Waals surface area contributed by atoms with E-state index >= 15 is 0 Å². The lowest BCUT2D eigenvalue weighted by atomic mass is 9.97. The molecule has 23 heavy (non-hydrogen) atoms. The van der Waals surface area contributed by atoms with Crippen LogP contribution in [0.5, 0.6) is 5.75 Å². The number of benzene rings is 1. The van der Waals surface area contributed by atoms with Gasteiger partial charge in [-0.25, -0.2) is 4.98 Å². The largest absolute Gasteiger partial charge is 0.505 e. The van der Waals surface area contributed by atoms with Crippen LogP contribution in [-0.2, 0) is 0 Å². The average Bonchev–Trinajstić information content (AvgIpc) is 2.99. The maximum atomic E-state index is 12.6. The molecule has 0 radical (unpaired) electrons. The molecule has 122 valence electrons. The molecule has 1 amide bonds. The SMILES string of the molecule is Cc1cnc(C2CCN(C(=O)c3ccc(Cl)c(Cl)c3O)CC2)s1. The number of aryl methyl sites for hydroxylation is 1. The normalized spacial score (nSPS) is 15.9. The Kier molecular flexibility index (Phi) is 4.80. The summed E-state index contributed by atoms with van der Waals surface area (Å²) in [6.45, 7) is 3.33. The van der Waals surface area contributed by atoms with E-state index in [1.54, 1.807) is 16.2 Å². The number of likely N-dealkylation sites (tertiary alicyclic amines) is 1. The molecule has 1 aromatic heterocycles. The number of aromatic nitrogens is 1. The van der Waals surface area contributed by atoms with Gasteiger partial charge >= 0.3 is 0 Å². The zero-order chi connectivity index (χ0) is 16.6. The zero-order valence-electron chi connectivity index (χ0n) is 12.6. The lowest BCUT2D eigenvalue weighted by Crippen LogP contribution is -2.37. The fraction of sp³-hybridized carbons (Fsp3) is 0.375. The minimum absolute atomic E-state index is 0.0191. The Hall–Kier alpha value is -1.30. The number of carbonyl (C=O) groups is 1. The highest BCUT2D eigenvalue weighted by atomic mass is 35.5. The Labute approximate surface area is 148 Å². The number of carbonyl (C=O) groups excluding carboxylic acids is 1. The van der Waals surface area contributed by atoms with Crippen LogP contribution in [0, 0.1) is 6.92 Å². The molecule has 7 heteroatoms. The molecule has 1 N–H and O–H groups in total. The van der Waals surface area contributed by atoms with Crippen molar-refractivity contribution in [2.24, 2.45) is 0 Å². The van der Waals surface area contributed by atoms with E-state index in [0.29, 0.717) is 19.0 Å². The van der Waals surface area contributed by atoms with E-state index in [1.165, 1.54) is 17.0 Å². The van der Waals surface area contributed by atoms with Gasteiger partial charge in [-0.15, -0.1) is 11.3 Å². The molecule has 0 spiro atoms. The Morgan fingerprint density at radius 3 is 2.65 bits per heavy atom. The van der Waals surface area contributed by atoms with Gasteiger partial charge in [-0.3, -0.25) is 4.79 Å². The third-order valence-corrected chi connectivity index (χ3v) is 5.94. The minimum atomic E-state index is -0.248. The van der Waals surface area contributed by atoms with Crippen molar-refractivity contribution in [2.45, 2.75) is 25.7 Å². The lowest BCUT2D eigenvalue weighted by molar-refractivity contribution is 0.0710. The summed E-state index contributed by atoms with van der Waals surface area (Å²) < 4.78 is 0. The van der Waals surface area contributed by atoms with Gasteiger partial charge in [0.05, 0.1) is 15.6 Å². The van der Waals surface area contributed by atoms with Gasteiger partial charge in [-0.2, -0.15) is 0 Å². The average molecular weight is 371 g/mol. The third-order valence-electron chi connectivity index (χ3n) is 4.07. The van der Waals surface area contributed by atoms with Crippen molar-refractivity contribution in [3.8, 4) is 5.75 Å². The molecule has 1 fully saturated rings. The van der Waals surface area contributed by atoms with Crippen molar-refractivity contribution in [1.29, 1.82) is 0 Å².